The van der Waals surface area contributed by atoms with Gasteiger partial charge in [-0.25, -0.2) is 14.6 Å². The molecular weight excluding hydrogens is 254 g/mol. The predicted octanol–water partition coefficient (Wildman–Crippen LogP) is 1.97. The topological polar surface area (TPSA) is 87.9 Å². The van der Waals surface area contributed by atoms with Crippen molar-refractivity contribution in [2.75, 3.05) is 20.3 Å². The van der Waals surface area contributed by atoms with Crippen molar-refractivity contribution < 1.29 is 24.2 Å². The van der Waals surface area contributed by atoms with Crippen LogP contribution in [-0.2, 0) is 14.5 Å². The molecule has 1 aliphatic rings. The molecule has 1 aromatic carbocycles. The van der Waals surface area contributed by atoms with Crippen LogP contribution in [0, 0.1) is 16.0 Å². The summed E-state index contributed by atoms with van der Waals surface area (Å²) in [5.41, 5.74) is -0.274. The highest BCUT2D eigenvalue weighted by Crippen LogP contribution is 2.17. The van der Waals surface area contributed by atoms with Crippen molar-refractivity contribution in [3.05, 3.63) is 39.9 Å². The first kappa shape index (κ1) is 15.1. The Labute approximate surface area is 110 Å². The third kappa shape index (κ3) is 4.65. The predicted molar refractivity (Wildman–Crippen MR) is 65.5 cm³/mol. The van der Waals surface area contributed by atoms with E-state index >= 15 is 0 Å². The lowest BCUT2D eigenvalue weighted by Gasteiger charge is -1.99. The lowest BCUT2D eigenvalue weighted by molar-refractivity contribution is -0.385. The first-order chi connectivity index (χ1) is 9.06. The molecule has 0 atom stereocenters. The van der Waals surface area contributed by atoms with Gasteiger partial charge in [0.2, 0.25) is 0 Å². The Bertz CT molecular complexity index is 442. The molecule has 1 saturated heterocycles. The fourth-order valence-corrected chi connectivity index (χ4v) is 1.29. The van der Waals surface area contributed by atoms with Crippen molar-refractivity contribution in [2.24, 2.45) is 5.92 Å². The summed E-state index contributed by atoms with van der Waals surface area (Å²) in [6.07, 6.45) is 0. The minimum Gasteiger partial charge on any atom is -0.465 e. The molecular formula is C12H15NO6. The molecule has 7 heteroatoms. The molecule has 0 saturated carbocycles. The van der Waals surface area contributed by atoms with E-state index in [0.29, 0.717) is 5.92 Å². The SMILES string of the molecule is CC1COOC1.COC(=O)c1ccccc1[N+](=O)[O-]. The number of benzene rings is 1. The molecule has 0 unspecified atom stereocenters. The van der Waals surface area contributed by atoms with Gasteiger partial charge in [-0.15, -0.1) is 0 Å². The van der Waals surface area contributed by atoms with Crippen LogP contribution in [0.4, 0.5) is 5.69 Å². The van der Waals surface area contributed by atoms with Gasteiger partial charge in [0.15, 0.2) is 0 Å². The molecule has 2 rings (SSSR count). The highest BCUT2D eigenvalue weighted by atomic mass is 17.2. The Hall–Kier alpha value is -1.99. The van der Waals surface area contributed by atoms with Crippen LogP contribution in [0.3, 0.4) is 0 Å². The smallest absolute Gasteiger partial charge is 0.344 e. The fourth-order valence-electron chi connectivity index (χ4n) is 1.29. The van der Waals surface area contributed by atoms with Crippen LogP contribution in [-0.4, -0.2) is 31.2 Å². The van der Waals surface area contributed by atoms with E-state index in [1.165, 1.54) is 25.3 Å². The lowest BCUT2D eigenvalue weighted by atomic mass is 10.2. The van der Waals surface area contributed by atoms with Crippen LogP contribution in [0.25, 0.3) is 0 Å². The van der Waals surface area contributed by atoms with Gasteiger partial charge in [-0.05, 0) is 6.07 Å². The maximum atomic E-state index is 11.0. The normalized spacial score (nSPS) is 14.4. The van der Waals surface area contributed by atoms with Gasteiger partial charge < -0.3 is 4.74 Å². The van der Waals surface area contributed by atoms with Crippen LogP contribution in [0.2, 0.25) is 0 Å². The molecule has 0 bridgehead atoms. The number of nitrogens with zero attached hydrogens (tertiary/aromatic N) is 1. The van der Waals surface area contributed by atoms with Crippen LogP contribution in [0.1, 0.15) is 17.3 Å². The summed E-state index contributed by atoms with van der Waals surface area (Å²) in [6.45, 7) is 3.62. The zero-order valence-corrected chi connectivity index (χ0v) is 10.7. The van der Waals surface area contributed by atoms with E-state index in [-0.39, 0.29) is 11.3 Å². The Morgan fingerprint density at radius 2 is 1.95 bits per heavy atom. The van der Waals surface area contributed by atoms with Gasteiger partial charge in [0.1, 0.15) is 5.56 Å². The summed E-state index contributed by atoms with van der Waals surface area (Å²) in [6, 6.07) is 5.64. The van der Waals surface area contributed by atoms with E-state index in [9.17, 15) is 14.9 Å². The quantitative estimate of drug-likeness (QED) is 0.353. The number of carbonyl (C=O) groups is 1. The van der Waals surface area contributed by atoms with Crippen LogP contribution in [0.15, 0.2) is 24.3 Å². The Kier molecular flexibility index (Phi) is 5.91. The molecule has 0 aromatic heterocycles. The second-order valence-corrected chi connectivity index (χ2v) is 3.94. The third-order valence-corrected chi connectivity index (χ3v) is 2.29. The number of esters is 1. The first-order valence-electron chi connectivity index (χ1n) is 5.62. The molecule has 0 radical (unpaired) electrons. The zero-order valence-electron chi connectivity index (χ0n) is 10.7. The summed E-state index contributed by atoms with van der Waals surface area (Å²) in [7, 11) is 1.18. The number of carbonyl (C=O) groups excluding carboxylic acids is 1. The minimum absolute atomic E-state index is 0.0324. The van der Waals surface area contributed by atoms with Gasteiger partial charge >= 0.3 is 5.97 Å². The summed E-state index contributed by atoms with van der Waals surface area (Å²) in [5.74, 6) is -0.0997. The molecule has 1 aliphatic heterocycles. The van der Waals surface area contributed by atoms with Gasteiger partial charge in [0.05, 0.1) is 25.2 Å². The maximum absolute atomic E-state index is 11.0. The van der Waals surface area contributed by atoms with E-state index in [0.717, 1.165) is 13.2 Å². The van der Waals surface area contributed by atoms with Crippen molar-refractivity contribution in [1.82, 2.24) is 0 Å². The van der Waals surface area contributed by atoms with Crippen molar-refractivity contribution in [3.8, 4) is 0 Å². The maximum Gasteiger partial charge on any atom is 0.344 e. The summed E-state index contributed by atoms with van der Waals surface area (Å²) < 4.78 is 4.38. The van der Waals surface area contributed by atoms with Crippen molar-refractivity contribution in [3.63, 3.8) is 0 Å². The molecule has 1 aromatic rings. The highest BCUT2D eigenvalue weighted by Gasteiger charge is 2.18. The largest absolute Gasteiger partial charge is 0.465 e. The van der Waals surface area contributed by atoms with Gasteiger partial charge in [-0.3, -0.25) is 10.1 Å². The van der Waals surface area contributed by atoms with E-state index in [1.54, 1.807) is 6.07 Å². The number of hydrogen-bond acceptors (Lipinski definition) is 6. The molecule has 1 heterocycles. The van der Waals surface area contributed by atoms with Crippen molar-refractivity contribution in [2.45, 2.75) is 6.92 Å². The molecule has 104 valence electrons. The third-order valence-electron chi connectivity index (χ3n) is 2.29. The van der Waals surface area contributed by atoms with E-state index in [1.807, 2.05) is 0 Å². The second kappa shape index (κ2) is 7.45. The summed E-state index contributed by atoms with van der Waals surface area (Å²) in [5, 5.41) is 10.4. The van der Waals surface area contributed by atoms with Crippen LogP contribution in [0.5, 0.6) is 0 Å². The second-order valence-electron chi connectivity index (χ2n) is 3.94. The molecule has 1 fully saturated rings. The van der Waals surface area contributed by atoms with Gasteiger partial charge in [0, 0.05) is 12.0 Å². The zero-order chi connectivity index (χ0) is 14.3. The number of nitro groups is 1. The van der Waals surface area contributed by atoms with Crippen molar-refractivity contribution in [1.29, 1.82) is 0 Å². The van der Waals surface area contributed by atoms with Gasteiger partial charge in [-0.2, -0.15) is 0 Å². The molecule has 19 heavy (non-hydrogen) atoms. The van der Waals surface area contributed by atoms with Gasteiger partial charge in [-0.1, -0.05) is 19.1 Å². The van der Waals surface area contributed by atoms with Crippen LogP contribution < -0.4 is 0 Å². The van der Waals surface area contributed by atoms with Crippen LogP contribution >= 0.6 is 0 Å². The number of nitro benzene ring substituents is 1. The number of hydrogen-bond donors (Lipinski definition) is 0. The standard InChI is InChI=1S/C8H7NO4.C4H8O2/c1-13-8(10)6-4-2-3-5-7(6)9(11)12;1-4-2-5-6-3-4/h2-5H,1H3;4H,2-3H2,1H3. The minimum atomic E-state index is -0.702. The number of methoxy groups -OCH3 is 1. The summed E-state index contributed by atoms with van der Waals surface area (Å²) >= 11 is 0. The molecule has 0 aliphatic carbocycles. The van der Waals surface area contributed by atoms with Gasteiger partial charge in [0.25, 0.3) is 5.69 Å². The van der Waals surface area contributed by atoms with Crippen molar-refractivity contribution >= 4 is 11.7 Å². The molecule has 0 amide bonds. The van der Waals surface area contributed by atoms with E-state index in [2.05, 4.69) is 21.4 Å². The number of rotatable bonds is 2. The monoisotopic (exact) mass is 269 g/mol. The number of ether oxygens (including phenoxy) is 1. The Morgan fingerprint density at radius 1 is 1.37 bits per heavy atom. The summed E-state index contributed by atoms with van der Waals surface area (Å²) in [4.78, 5) is 29.9. The highest BCUT2D eigenvalue weighted by molar-refractivity contribution is 5.93. The van der Waals surface area contributed by atoms with E-state index < -0.39 is 10.9 Å². The molecule has 0 N–H and O–H groups in total. The number of para-hydroxylation sites is 1. The molecule has 7 nitrogen and oxygen atoms in total. The fraction of sp³-hybridized carbons (Fsp3) is 0.417. The first-order valence-corrected chi connectivity index (χ1v) is 5.62. The average Bonchev–Trinajstić information content (AvgIpc) is 2.89. The van der Waals surface area contributed by atoms with E-state index in [4.69, 9.17) is 0 Å². The Morgan fingerprint density at radius 3 is 2.37 bits per heavy atom. The molecule has 0 spiro atoms. The lowest BCUT2D eigenvalue weighted by Crippen LogP contribution is -2.04. The average molecular weight is 269 g/mol. The Balaban J connectivity index is 0.000000250.